The molecule has 0 radical (unpaired) electrons. The van der Waals surface area contributed by atoms with Crippen LogP contribution >= 0.6 is 0 Å². The number of hydrogen-bond acceptors (Lipinski definition) is 6. The second kappa shape index (κ2) is 12.7. The van der Waals surface area contributed by atoms with E-state index < -0.39 is 22.8 Å². The van der Waals surface area contributed by atoms with Crippen molar-refractivity contribution < 1.29 is 18.9 Å². The van der Waals surface area contributed by atoms with Gasteiger partial charge < -0.3 is 9.73 Å². The lowest BCUT2D eigenvalue weighted by molar-refractivity contribution is -0.384. The van der Waals surface area contributed by atoms with Crippen molar-refractivity contribution in [2.24, 2.45) is 11.0 Å². The van der Waals surface area contributed by atoms with E-state index in [0.717, 1.165) is 16.7 Å². The molecule has 9 nitrogen and oxygen atoms in total. The molecule has 9 heteroatoms. The van der Waals surface area contributed by atoms with Crippen LogP contribution in [-0.4, -0.2) is 29.0 Å². The summed E-state index contributed by atoms with van der Waals surface area (Å²) in [5.41, 5.74) is 6.67. The highest BCUT2D eigenvalue weighted by atomic mass is 16.6. The molecule has 2 N–H and O–H groups in total. The van der Waals surface area contributed by atoms with Crippen LogP contribution in [0, 0.1) is 23.0 Å². The number of hydrazone groups is 1. The third-order valence-electron chi connectivity index (χ3n) is 6.57. The molecule has 0 unspecified atom stereocenters. The molecule has 1 aromatic heterocycles. The summed E-state index contributed by atoms with van der Waals surface area (Å²) in [7, 11) is 0. The predicted molar refractivity (Wildman–Crippen MR) is 153 cm³/mol. The summed E-state index contributed by atoms with van der Waals surface area (Å²) in [6.07, 6.45) is 4.32. The highest BCUT2D eigenvalue weighted by Crippen LogP contribution is 2.30. The number of aryl methyl sites for hydroxylation is 1. The maximum Gasteiger partial charge on any atom is 0.270 e. The van der Waals surface area contributed by atoms with Gasteiger partial charge in [-0.3, -0.25) is 19.7 Å². The van der Waals surface area contributed by atoms with Gasteiger partial charge in [0.1, 0.15) is 6.04 Å². The number of nitro benzene ring substituents is 1. The van der Waals surface area contributed by atoms with Crippen molar-refractivity contribution >= 4 is 23.7 Å². The van der Waals surface area contributed by atoms with Gasteiger partial charge in [0, 0.05) is 23.3 Å². The Hall–Kier alpha value is -5.05. The fourth-order valence-electron chi connectivity index (χ4n) is 4.43. The van der Waals surface area contributed by atoms with Crippen LogP contribution in [0.5, 0.6) is 0 Å². The van der Waals surface area contributed by atoms with Crippen LogP contribution in [0.3, 0.4) is 0 Å². The number of carbonyl (C=O) groups is 2. The third-order valence-corrected chi connectivity index (χ3v) is 6.57. The molecule has 3 aromatic carbocycles. The summed E-state index contributed by atoms with van der Waals surface area (Å²) >= 11 is 0. The van der Waals surface area contributed by atoms with E-state index in [2.05, 4.69) is 15.8 Å². The summed E-state index contributed by atoms with van der Waals surface area (Å²) in [5.74, 6) is -1.58. The molecule has 2 amide bonds. The van der Waals surface area contributed by atoms with Crippen molar-refractivity contribution in [1.82, 2.24) is 10.7 Å². The Kier molecular flexibility index (Phi) is 8.86. The van der Waals surface area contributed by atoms with Crippen molar-refractivity contribution in [1.29, 1.82) is 0 Å². The van der Waals surface area contributed by atoms with Crippen LogP contribution in [-0.2, 0) is 9.59 Å². The molecule has 4 aromatic rings. The molecule has 0 fully saturated rings. The highest BCUT2D eigenvalue weighted by Gasteiger charge is 2.29. The van der Waals surface area contributed by atoms with Crippen LogP contribution < -0.4 is 10.7 Å². The maximum absolute atomic E-state index is 13.5. The second-order valence-electron chi connectivity index (χ2n) is 9.72. The molecule has 0 saturated carbocycles. The number of amides is 2. The molecule has 0 bridgehead atoms. The Balaban J connectivity index is 1.51. The first kappa shape index (κ1) is 28.0. The van der Waals surface area contributed by atoms with Crippen LogP contribution in [0.25, 0.3) is 11.1 Å². The van der Waals surface area contributed by atoms with E-state index in [9.17, 15) is 19.7 Å². The van der Waals surface area contributed by atoms with Gasteiger partial charge >= 0.3 is 0 Å². The van der Waals surface area contributed by atoms with Crippen molar-refractivity contribution in [2.75, 3.05) is 0 Å². The summed E-state index contributed by atoms with van der Waals surface area (Å²) in [6, 6.07) is 22.5. The number of carbonyl (C=O) groups excluding carboxylic acids is 2. The summed E-state index contributed by atoms with van der Waals surface area (Å²) in [5, 5.41) is 18.2. The lowest BCUT2D eigenvalue weighted by atomic mass is 9.89. The van der Waals surface area contributed by atoms with Crippen LogP contribution in [0.4, 0.5) is 5.69 Å². The minimum atomic E-state index is -0.845. The van der Waals surface area contributed by atoms with Crippen molar-refractivity contribution in [3.8, 4) is 11.1 Å². The maximum atomic E-state index is 13.5. The van der Waals surface area contributed by atoms with Gasteiger partial charge in [0.2, 0.25) is 5.91 Å². The van der Waals surface area contributed by atoms with E-state index in [1.54, 1.807) is 6.07 Å². The average molecular weight is 539 g/mol. The predicted octanol–water partition coefficient (Wildman–Crippen LogP) is 5.59. The van der Waals surface area contributed by atoms with Gasteiger partial charge in [0.05, 0.1) is 29.6 Å². The number of benzene rings is 3. The molecule has 4 rings (SSSR count). The minimum Gasteiger partial charge on any atom is -0.471 e. The summed E-state index contributed by atoms with van der Waals surface area (Å²) < 4.78 is 5.33. The van der Waals surface area contributed by atoms with Crippen LogP contribution in [0.15, 0.2) is 101 Å². The Morgan fingerprint density at radius 1 is 0.900 bits per heavy atom. The lowest BCUT2D eigenvalue weighted by Crippen LogP contribution is -2.50. The van der Waals surface area contributed by atoms with Crippen LogP contribution in [0.2, 0.25) is 0 Å². The molecule has 0 spiro atoms. The largest absolute Gasteiger partial charge is 0.471 e. The molecule has 204 valence electrons. The van der Waals surface area contributed by atoms with Gasteiger partial charge in [-0.25, -0.2) is 5.43 Å². The zero-order chi connectivity index (χ0) is 28.6. The van der Waals surface area contributed by atoms with Crippen molar-refractivity contribution in [2.45, 2.75) is 32.7 Å². The molecular formula is C31H30N4O5. The number of nitrogens with one attached hydrogen (secondary N) is 2. The Morgan fingerprint density at radius 3 is 2.10 bits per heavy atom. The van der Waals surface area contributed by atoms with Gasteiger partial charge in [-0.15, -0.1) is 0 Å². The molecular weight excluding hydrogens is 508 g/mol. The quantitative estimate of drug-likeness (QED) is 0.155. The number of hydrogen-bond donors (Lipinski definition) is 2. The Morgan fingerprint density at radius 2 is 1.52 bits per heavy atom. The smallest absolute Gasteiger partial charge is 0.270 e. The molecule has 40 heavy (non-hydrogen) atoms. The first-order chi connectivity index (χ1) is 19.3. The van der Waals surface area contributed by atoms with Crippen molar-refractivity contribution in [3.05, 3.63) is 124 Å². The van der Waals surface area contributed by atoms with E-state index in [1.165, 1.54) is 30.9 Å². The number of furan rings is 1. The molecule has 0 aliphatic rings. The molecule has 0 aliphatic carbocycles. The zero-order valence-corrected chi connectivity index (χ0v) is 22.4. The van der Waals surface area contributed by atoms with E-state index in [1.807, 2.05) is 81.4 Å². The Bertz CT molecular complexity index is 1470. The number of nitrogens with zero attached hydrogens (tertiary/aromatic N) is 2. The number of non-ortho nitro benzene ring substituents is 1. The summed E-state index contributed by atoms with van der Waals surface area (Å²) in [4.78, 5) is 37.5. The van der Waals surface area contributed by atoms with Gasteiger partial charge in [0.15, 0.2) is 0 Å². The Labute approximate surface area is 232 Å². The number of nitro groups is 1. The van der Waals surface area contributed by atoms with Crippen LogP contribution in [0.1, 0.15) is 42.0 Å². The monoisotopic (exact) mass is 538 g/mol. The molecule has 0 saturated heterocycles. The van der Waals surface area contributed by atoms with Gasteiger partial charge in [-0.2, -0.15) is 5.10 Å². The highest BCUT2D eigenvalue weighted by molar-refractivity contribution is 5.94. The van der Waals surface area contributed by atoms with Gasteiger partial charge in [0.25, 0.3) is 11.6 Å². The van der Waals surface area contributed by atoms with Gasteiger partial charge in [-0.05, 0) is 35.1 Å². The fraction of sp³-hybridized carbons (Fsp3) is 0.194. The van der Waals surface area contributed by atoms with E-state index in [0.29, 0.717) is 16.7 Å². The molecule has 1 atom stereocenters. The average Bonchev–Trinajstić information content (AvgIpc) is 3.41. The van der Waals surface area contributed by atoms with Crippen molar-refractivity contribution in [3.63, 3.8) is 0 Å². The fourth-order valence-corrected chi connectivity index (χ4v) is 4.43. The molecule has 1 heterocycles. The normalized spacial score (nSPS) is 12.0. The summed E-state index contributed by atoms with van der Waals surface area (Å²) in [6.45, 7) is 5.52. The topological polar surface area (TPSA) is 127 Å². The standard InChI is InChI=1S/C31H30N4O5/c1-20(2)29(33-30(36)28(22-10-6-4-7-11-22)23-12-8-5-9-13-23)31(37)34-32-17-24-18-40-19-27(24)26-16-25(35(38)39)15-14-21(26)3/h4-20,28-29H,1-3H3,(H,33,36)(H,34,37)/b32-17+/t29-/m1/s1. The first-order valence-electron chi connectivity index (χ1n) is 12.8. The zero-order valence-electron chi connectivity index (χ0n) is 22.4. The van der Waals surface area contributed by atoms with E-state index in [4.69, 9.17) is 4.42 Å². The third kappa shape index (κ3) is 6.50. The van der Waals surface area contributed by atoms with Gasteiger partial charge in [-0.1, -0.05) is 80.6 Å². The van der Waals surface area contributed by atoms with E-state index in [-0.39, 0.29) is 17.5 Å². The SMILES string of the molecule is Cc1ccc([N+](=O)[O-])cc1-c1cocc1/C=N/NC(=O)[C@H](NC(=O)C(c1ccccc1)c1ccccc1)C(C)C. The second-order valence-corrected chi connectivity index (χ2v) is 9.72. The lowest BCUT2D eigenvalue weighted by Gasteiger charge is -2.24. The van der Waals surface area contributed by atoms with E-state index >= 15 is 0 Å². The number of rotatable bonds is 10. The minimum absolute atomic E-state index is 0.0437. The molecule has 0 aliphatic heterocycles. The first-order valence-corrected chi connectivity index (χ1v) is 12.8.